The third-order valence-electron chi connectivity index (χ3n) is 2.13. The second kappa shape index (κ2) is 10.5. The Balaban J connectivity index is 3.89. The number of aliphatic imine (C=N–C) groups is 1. The van der Waals surface area contributed by atoms with E-state index < -0.39 is 10.8 Å². The number of methoxy groups -OCH3 is 1. The first-order valence-electron chi connectivity index (χ1n) is 5.66. The van der Waals surface area contributed by atoms with Gasteiger partial charge in [0, 0.05) is 49.1 Å². The van der Waals surface area contributed by atoms with E-state index in [1.165, 1.54) is 0 Å². The molecule has 0 bridgehead atoms. The minimum Gasteiger partial charge on any atom is -0.385 e. The molecule has 0 aliphatic rings. The third-order valence-corrected chi connectivity index (χ3v) is 2.95. The fourth-order valence-electron chi connectivity index (χ4n) is 1.18. The first-order valence-corrected chi connectivity index (χ1v) is 7.39. The molecule has 0 radical (unpaired) electrons. The number of nitrogens with zero attached hydrogens (tertiary/aromatic N) is 1. The lowest BCUT2D eigenvalue weighted by atomic mass is 10.3. The van der Waals surface area contributed by atoms with Gasteiger partial charge in [0.25, 0.3) is 0 Å². The van der Waals surface area contributed by atoms with Gasteiger partial charge in [-0.2, -0.15) is 0 Å². The molecule has 0 amide bonds. The summed E-state index contributed by atoms with van der Waals surface area (Å²) in [5.74, 6) is 6.60. The fraction of sp³-hybridized carbons (Fsp3) is 0.900. The lowest BCUT2D eigenvalue weighted by molar-refractivity contribution is 0.197. The first kappa shape index (κ1) is 16.3. The highest BCUT2D eigenvalue weighted by Gasteiger charge is 2.05. The highest BCUT2D eigenvalue weighted by atomic mass is 32.2. The molecule has 0 spiro atoms. The summed E-state index contributed by atoms with van der Waals surface area (Å²) in [5.41, 5.74) is 2.52. The molecule has 0 saturated heterocycles. The molecule has 2 atom stereocenters. The molecule has 102 valence electrons. The number of ether oxygens (including phenoxy) is 1. The van der Waals surface area contributed by atoms with Crippen molar-refractivity contribution in [2.45, 2.75) is 25.8 Å². The van der Waals surface area contributed by atoms with E-state index in [-0.39, 0.29) is 6.04 Å². The Morgan fingerprint density at radius 1 is 1.59 bits per heavy atom. The normalized spacial score (nSPS) is 15.4. The van der Waals surface area contributed by atoms with E-state index in [9.17, 15) is 4.21 Å². The minimum atomic E-state index is -0.759. The Morgan fingerprint density at radius 3 is 2.82 bits per heavy atom. The molecule has 0 aromatic carbocycles. The SMILES string of the molecule is COCCCN=C(NN)NC(C)CCS(C)=O. The molecule has 0 aromatic heterocycles. The van der Waals surface area contributed by atoms with Crippen LogP contribution in [0.4, 0.5) is 0 Å². The smallest absolute Gasteiger partial charge is 0.205 e. The summed E-state index contributed by atoms with van der Waals surface area (Å²) in [6, 6.07) is 0.191. The van der Waals surface area contributed by atoms with Gasteiger partial charge < -0.3 is 10.1 Å². The molecule has 6 nitrogen and oxygen atoms in total. The van der Waals surface area contributed by atoms with Gasteiger partial charge in [0.15, 0.2) is 0 Å². The molecule has 0 heterocycles. The van der Waals surface area contributed by atoms with Crippen LogP contribution in [0.15, 0.2) is 4.99 Å². The van der Waals surface area contributed by atoms with Crippen LogP contribution in [-0.4, -0.2) is 48.5 Å². The molecule has 0 saturated carbocycles. The van der Waals surface area contributed by atoms with E-state index in [0.29, 0.717) is 24.9 Å². The van der Waals surface area contributed by atoms with Crippen LogP contribution in [0.2, 0.25) is 0 Å². The van der Waals surface area contributed by atoms with Crippen molar-refractivity contribution in [3.05, 3.63) is 0 Å². The Labute approximate surface area is 106 Å². The zero-order valence-corrected chi connectivity index (χ0v) is 11.7. The maximum absolute atomic E-state index is 10.9. The standard InChI is InChI=1S/C10H24N4O2S/c1-9(5-8-17(3)15)13-10(14-11)12-6-4-7-16-2/h9H,4-8,11H2,1-3H3,(H2,12,13,14). The minimum absolute atomic E-state index is 0.191. The second-order valence-corrected chi connectivity index (χ2v) is 5.39. The topological polar surface area (TPSA) is 88.7 Å². The second-order valence-electron chi connectivity index (χ2n) is 3.83. The van der Waals surface area contributed by atoms with Gasteiger partial charge in [-0.25, -0.2) is 5.84 Å². The Bertz CT molecular complexity index is 248. The van der Waals surface area contributed by atoms with Crippen LogP contribution in [0.25, 0.3) is 0 Å². The summed E-state index contributed by atoms with van der Waals surface area (Å²) in [6.45, 7) is 3.35. The van der Waals surface area contributed by atoms with Gasteiger partial charge in [-0.15, -0.1) is 0 Å². The molecular formula is C10H24N4O2S. The number of rotatable bonds is 8. The Morgan fingerprint density at radius 2 is 2.29 bits per heavy atom. The Hall–Kier alpha value is -0.660. The van der Waals surface area contributed by atoms with Crippen LogP contribution in [0.5, 0.6) is 0 Å². The number of hydrogen-bond acceptors (Lipinski definition) is 4. The molecular weight excluding hydrogens is 240 g/mol. The van der Waals surface area contributed by atoms with Crippen molar-refractivity contribution in [1.29, 1.82) is 0 Å². The molecule has 2 unspecified atom stereocenters. The van der Waals surface area contributed by atoms with Crippen molar-refractivity contribution in [2.75, 3.05) is 32.3 Å². The van der Waals surface area contributed by atoms with Crippen LogP contribution in [0.1, 0.15) is 19.8 Å². The van der Waals surface area contributed by atoms with Gasteiger partial charge in [0.05, 0.1) is 0 Å². The molecule has 0 aromatic rings. The summed E-state index contributed by atoms with van der Waals surface area (Å²) in [7, 11) is 0.905. The molecule has 0 rings (SSSR count). The lowest BCUT2D eigenvalue weighted by Crippen LogP contribution is -2.46. The van der Waals surface area contributed by atoms with Crippen molar-refractivity contribution >= 4 is 16.8 Å². The van der Waals surface area contributed by atoms with E-state index in [1.54, 1.807) is 13.4 Å². The fourth-order valence-corrected chi connectivity index (χ4v) is 1.87. The summed E-state index contributed by atoms with van der Waals surface area (Å²) in [5, 5.41) is 3.14. The monoisotopic (exact) mass is 264 g/mol. The zero-order valence-electron chi connectivity index (χ0n) is 10.9. The number of hydrogen-bond donors (Lipinski definition) is 3. The average molecular weight is 264 g/mol. The van der Waals surface area contributed by atoms with Crippen molar-refractivity contribution < 1.29 is 8.95 Å². The summed E-state index contributed by atoms with van der Waals surface area (Å²) in [6.07, 6.45) is 3.38. The maximum Gasteiger partial charge on any atom is 0.205 e. The third kappa shape index (κ3) is 10.2. The quantitative estimate of drug-likeness (QED) is 0.182. The molecule has 4 N–H and O–H groups in total. The molecule has 0 aliphatic carbocycles. The number of guanidine groups is 1. The van der Waals surface area contributed by atoms with Gasteiger partial charge in [0.1, 0.15) is 0 Å². The van der Waals surface area contributed by atoms with Crippen LogP contribution >= 0.6 is 0 Å². The summed E-state index contributed by atoms with van der Waals surface area (Å²) in [4.78, 5) is 4.26. The largest absolute Gasteiger partial charge is 0.385 e. The van der Waals surface area contributed by atoms with Crippen LogP contribution in [-0.2, 0) is 15.5 Å². The van der Waals surface area contributed by atoms with Gasteiger partial charge in [-0.05, 0) is 19.8 Å². The van der Waals surface area contributed by atoms with E-state index in [1.807, 2.05) is 6.92 Å². The van der Waals surface area contributed by atoms with E-state index >= 15 is 0 Å². The summed E-state index contributed by atoms with van der Waals surface area (Å²) < 4.78 is 15.9. The van der Waals surface area contributed by atoms with Crippen molar-refractivity contribution in [2.24, 2.45) is 10.8 Å². The Kier molecular flexibility index (Phi) is 10.1. The zero-order chi connectivity index (χ0) is 13.1. The van der Waals surface area contributed by atoms with E-state index in [2.05, 4.69) is 15.7 Å². The molecule has 17 heavy (non-hydrogen) atoms. The predicted molar refractivity (Wildman–Crippen MR) is 72.3 cm³/mol. The highest BCUT2D eigenvalue weighted by molar-refractivity contribution is 7.84. The van der Waals surface area contributed by atoms with Crippen LogP contribution in [0.3, 0.4) is 0 Å². The van der Waals surface area contributed by atoms with Gasteiger partial charge in [-0.1, -0.05) is 0 Å². The molecule has 0 fully saturated rings. The predicted octanol–water partition coefficient (Wildman–Crippen LogP) is -0.411. The molecule has 7 heteroatoms. The van der Waals surface area contributed by atoms with E-state index in [4.69, 9.17) is 10.6 Å². The van der Waals surface area contributed by atoms with Crippen LogP contribution in [0, 0.1) is 0 Å². The lowest BCUT2D eigenvalue weighted by Gasteiger charge is -2.15. The summed E-state index contributed by atoms with van der Waals surface area (Å²) >= 11 is 0. The van der Waals surface area contributed by atoms with Gasteiger partial charge in [0.2, 0.25) is 5.96 Å². The first-order chi connectivity index (χ1) is 8.10. The molecule has 0 aliphatic heterocycles. The maximum atomic E-state index is 10.9. The van der Waals surface area contributed by atoms with Crippen molar-refractivity contribution in [1.82, 2.24) is 10.7 Å². The van der Waals surface area contributed by atoms with Gasteiger partial charge in [-0.3, -0.25) is 14.6 Å². The van der Waals surface area contributed by atoms with Gasteiger partial charge >= 0.3 is 0 Å². The number of nitrogens with two attached hydrogens (primary N) is 1. The van der Waals surface area contributed by atoms with E-state index in [0.717, 1.165) is 12.8 Å². The highest BCUT2D eigenvalue weighted by Crippen LogP contribution is 1.92. The van der Waals surface area contributed by atoms with Crippen molar-refractivity contribution in [3.8, 4) is 0 Å². The van der Waals surface area contributed by atoms with Crippen LogP contribution < -0.4 is 16.6 Å². The number of nitrogens with one attached hydrogen (secondary N) is 2. The number of hydrazine groups is 1. The average Bonchev–Trinajstić information content (AvgIpc) is 2.30. The van der Waals surface area contributed by atoms with Crippen molar-refractivity contribution in [3.63, 3.8) is 0 Å².